The van der Waals surface area contributed by atoms with Gasteiger partial charge in [0.2, 0.25) is 5.60 Å². The van der Waals surface area contributed by atoms with E-state index in [-0.39, 0.29) is 35.4 Å². The molecule has 4 rings (SSSR count). The van der Waals surface area contributed by atoms with Crippen LogP contribution in [-0.2, 0) is 19.2 Å². The van der Waals surface area contributed by atoms with Gasteiger partial charge in [-0.05, 0) is 13.8 Å². The second kappa shape index (κ2) is 6.74. The van der Waals surface area contributed by atoms with Crippen LogP contribution >= 0.6 is 0 Å². The minimum absolute atomic E-state index is 0.0153. The molecule has 2 atom stereocenters. The molecule has 3 heterocycles. The smallest absolute Gasteiger partial charge is 0.374 e. The molecule has 1 amide bonds. The van der Waals surface area contributed by atoms with Gasteiger partial charge in [0.1, 0.15) is 17.3 Å². The summed E-state index contributed by atoms with van der Waals surface area (Å²) in [5.74, 6) is -2.95. The number of aliphatic hydroxyl groups is 1. The number of carbonyl (C=O) groups is 1. The van der Waals surface area contributed by atoms with Crippen LogP contribution in [0.5, 0.6) is 0 Å². The zero-order valence-electron chi connectivity index (χ0n) is 16.7. The van der Waals surface area contributed by atoms with E-state index in [1.807, 2.05) is 0 Å². The van der Waals surface area contributed by atoms with Crippen molar-refractivity contribution >= 4 is 16.8 Å². The minimum atomic E-state index is -4.94. The van der Waals surface area contributed by atoms with Crippen LogP contribution in [0.4, 0.5) is 22.0 Å². The molecule has 0 bridgehead atoms. The molecule has 12 heteroatoms. The van der Waals surface area contributed by atoms with E-state index in [1.165, 1.54) is 22.7 Å². The Morgan fingerprint density at radius 2 is 1.94 bits per heavy atom. The number of hydrogen-bond donors (Lipinski definition) is 1. The van der Waals surface area contributed by atoms with Gasteiger partial charge in [0.15, 0.2) is 5.82 Å². The van der Waals surface area contributed by atoms with Crippen molar-refractivity contribution in [2.24, 2.45) is 7.05 Å². The van der Waals surface area contributed by atoms with Gasteiger partial charge in [0, 0.05) is 25.7 Å². The number of amides is 1. The van der Waals surface area contributed by atoms with Crippen molar-refractivity contribution in [3.8, 4) is 0 Å². The summed E-state index contributed by atoms with van der Waals surface area (Å²) in [5, 5.41) is 13.9. The molecule has 0 saturated carbocycles. The quantitative estimate of drug-likeness (QED) is 0.618. The molecule has 0 saturated heterocycles. The SMILES string of the molecule is C[C@H]1CN(C(=O)c2c3c(F)cc(F)cc3nn2C)Cc2cnc(C(C)(O)C(F)(F)F)n21. The number of carbonyl (C=O) groups excluding carboxylic acids is 1. The molecular formula is C19H18F5N5O2. The van der Waals surface area contributed by atoms with Crippen LogP contribution in [0.25, 0.3) is 10.9 Å². The Morgan fingerprint density at radius 3 is 2.58 bits per heavy atom. The number of aromatic nitrogens is 4. The van der Waals surface area contributed by atoms with Gasteiger partial charge in [0.25, 0.3) is 5.91 Å². The number of nitrogens with zero attached hydrogens (tertiary/aromatic N) is 5. The number of aryl methyl sites for hydroxylation is 1. The van der Waals surface area contributed by atoms with E-state index in [1.54, 1.807) is 6.92 Å². The van der Waals surface area contributed by atoms with Crippen LogP contribution in [-0.4, -0.2) is 48.0 Å². The summed E-state index contributed by atoms with van der Waals surface area (Å²) in [6.07, 6.45) is -3.77. The Bertz CT molecular complexity index is 1200. The van der Waals surface area contributed by atoms with E-state index in [9.17, 15) is 31.9 Å². The zero-order valence-corrected chi connectivity index (χ0v) is 16.7. The lowest BCUT2D eigenvalue weighted by Gasteiger charge is -2.36. The van der Waals surface area contributed by atoms with Crippen LogP contribution in [0.3, 0.4) is 0 Å². The number of halogens is 5. The molecule has 0 radical (unpaired) electrons. The number of hydrogen-bond acceptors (Lipinski definition) is 4. The molecule has 1 aromatic carbocycles. The predicted molar refractivity (Wildman–Crippen MR) is 97.9 cm³/mol. The molecule has 1 aliphatic heterocycles. The third-order valence-corrected chi connectivity index (χ3v) is 5.48. The van der Waals surface area contributed by atoms with Gasteiger partial charge in [-0.1, -0.05) is 0 Å². The summed E-state index contributed by atoms with van der Waals surface area (Å²) in [5.41, 5.74) is -3.02. The average Bonchev–Trinajstić information content (AvgIpc) is 3.21. The zero-order chi connectivity index (χ0) is 22.9. The monoisotopic (exact) mass is 443 g/mol. The van der Waals surface area contributed by atoms with E-state index < -0.39 is 41.2 Å². The van der Waals surface area contributed by atoms with Crippen LogP contribution in [0.15, 0.2) is 18.3 Å². The number of alkyl halides is 3. The molecule has 31 heavy (non-hydrogen) atoms. The third kappa shape index (κ3) is 3.16. The highest BCUT2D eigenvalue weighted by Crippen LogP contribution is 2.40. The van der Waals surface area contributed by atoms with E-state index in [0.29, 0.717) is 13.0 Å². The first kappa shape index (κ1) is 21.2. The van der Waals surface area contributed by atoms with Gasteiger partial charge in [0.05, 0.1) is 35.4 Å². The van der Waals surface area contributed by atoms with Gasteiger partial charge in [-0.15, -0.1) is 0 Å². The van der Waals surface area contributed by atoms with Crippen molar-refractivity contribution in [3.05, 3.63) is 47.2 Å². The van der Waals surface area contributed by atoms with Crippen molar-refractivity contribution < 1.29 is 31.9 Å². The lowest BCUT2D eigenvalue weighted by Crippen LogP contribution is -2.46. The number of fused-ring (bicyclic) bond motifs is 2. The molecule has 7 nitrogen and oxygen atoms in total. The first-order chi connectivity index (χ1) is 14.3. The molecule has 1 aliphatic rings. The molecule has 1 N–H and O–H groups in total. The normalized spacial score (nSPS) is 18.9. The van der Waals surface area contributed by atoms with Crippen molar-refractivity contribution in [3.63, 3.8) is 0 Å². The molecule has 3 aromatic rings. The summed E-state index contributed by atoms with van der Waals surface area (Å²) in [6.45, 7) is 2.08. The van der Waals surface area contributed by atoms with Crippen molar-refractivity contribution in [1.82, 2.24) is 24.2 Å². The molecule has 0 spiro atoms. The van der Waals surface area contributed by atoms with Crippen molar-refractivity contribution in [2.45, 2.75) is 38.2 Å². The lowest BCUT2D eigenvalue weighted by molar-refractivity contribution is -0.263. The van der Waals surface area contributed by atoms with Crippen molar-refractivity contribution in [2.75, 3.05) is 6.54 Å². The Morgan fingerprint density at radius 1 is 1.26 bits per heavy atom. The van der Waals surface area contributed by atoms with Gasteiger partial charge in [-0.2, -0.15) is 18.3 Å². The summed E-state index contributed by atoms with van der Waals surface area (Å²) in [6, 6.07) is 1.01. The van der Waals surface area contributed by atoms with Crippen LogP contribution in [0.1, 0.15) is 41.9 Å². The Hall–Kier alpha value is -3.02. The first-order valence-electron chi connectivity index (χ1n) is 9.29. The molecule has 2 aromatic heterocycles. The highest BCUT2D eigenvalue weighted by molar-refractivity contribution is 6.05. The highest BCUT2D eigenvalue weighted by atomic mass is 19.4. The van der Waals surface area contributed by atoms with Gasteiger partial charge >= 0.3 is 6.18 Å². The van der Waals surface area contributed by atoms with Crippen LogP contribution in [0, 0.1) is 11.6 Å². The average molecular weight is 443 g/mol. The fourth-order valence-electron chi connectivity index (χ4n) is 3.95. The number of benzene rings is 1. The molecule has 166 valence electrons. The maximum absolute atomic E-state index is 14.4. The van der Waals surface area contributed by atoms with Gasteiger partial charge in [-0.3, -0.25) is 9.48 Å². The Kier molecular flexibility index (Phi) is 4.61. The minimum Gasteiger partial charge on any atom is -0.374 e. The molecule has 1 unspecified atom stereocenters. The fourth-order valence-corrected chi connectivity index (χ4v) is 3.95. The number of imidazole rings is 1. The maximum atomic E-state index is 14.4. The highest BCUT2D eigenvalue weighted by Gasteiger charge is 2.55. The number of rotatable bonds is 2. The maximum Gasteiger partial charge on any atom is 0.424 e. The molecular weight excluding hydrogens is 425 g/mol. The summed E-state index contributed by atoms with van der Waals surface area (Å²) < 4.78 is 70.2. The Labute approximate surface area is 172 Å². The summed E-state index contributed by atoms with van der Waals surface area (Å²) in [7, 11) is 1.42. The van der Waals surface area contributed by atoms with E-state index in [0.717, 1.165) is 10.7 Å². The Balaban J connectivity index is 1.73. The fraction of sp³-hybridized carbons (Fsp3) is 0.421. The first-order valence-corrected chi connectivity index (χ1v) is 9.29. The van der Waals surface area contributed by atoms with E-state index in [4.69, 9.17) is 0 Å². The lowest BCUT2D eigenvalue weighted by atomic mass is 10.0. The second-order valence-electron chi connectivity index (χ2n) is 7.80. The second-order valence-corrected chi connectivity index (χ2v) is 7.80. The largest absolute Gasteiger partial charge is 0.424 e. The summed E-state index contributed by atoms with van der Waals surface area (Å²) in [4.78, 5) is 18.3. The van der Waals surface area contributed by atoms with Crippen LogP contribution < -0.4 is 0 Å². The third-order valence-electron chi connectivity index (χ3n) is 5.48. The molecule has 0 fully saturated rings. The van der Waals surface area contributed by atoms with Crippen molar-refractivity contribution in [1.29, 1.82) is 0 Å². The van der Waals surface area contributed by atoms with Crippen LogP contribution in [0.2, 0.25) is 0 Å². The van der Waals surface area contributed by atoms with Gasteiger partial charge in [-0.25, -0.2) is 13.8 Å². The standard InChI is InChI=1S/C19H18F5N5O2/c1-9-7-28(8-11-6-25-17(29(9)11)18(2,31)19(22,23)24)16(30)15-14-12(21)4-10(20)5-13(14)26-27(15)3/h4-6,9,31H,7-8H2,1-3H3/t9-,18?/m0/s1. The summed E-state index contributed by atoms with van der Waals surface area (Å²) >= 11 is 0. The topological polar surface area (TPSA) is 76.2 Å². The van der Waals surface area contributed by atoms with E-state index in [2.05, 4.69) is 10.1 Å². The van der Waals surface area contributed by atoms with Gasteiger partial charge < -0.3 is 14.6 Å². The predicted octanol–water partition coefficient (Wildman–Crippen LogP) is 3.03. The van der Waals surface area contributed by atoms with E-state index >= 15 is 0 Å². The molecule has 0 aliphatic carbocycles.